The number of carbonyl (C=O) groups is 1. The summed E-state index contributed by atoms with van der Waals surface area (Å²) in [5.41, 5.74) is 2.46. The zero-order valence-corrected chi connectivity index (χ0v) is 22.1. The van der Waals surface area contributed by atoms with Gasteiger partial charge in [0.05, 0.1) is 26.5 Å². The van der Waals surface area contributed by atoms with Crippen LogP contribution < -0.4 is 10.6 Å². The Morgan fingerprint density at radius 2 is 1.91 bits per heavy atom. The van der Waals surface area contributed by atoms with Gasteiger partial charge in [0.25, 0.3) is 0 Å². The first-order valence-corrected chi connectivity index (χ1v) is 11.2. The monoisotopic (exact) mass is 569 g/mol. The first kappa shape index (κ1) is 27.0. The van der Waals surface area contributed by atoms with E-state index in [4.69, 9.17) is 14.1 Å². The zero-order valence-electron chi connectivity index (χ0n) is 19.8. The number of amides is 1. The fraction of sp³-hybridized carbons (Fsp3) is 0.500. The highest BCUT2D eigenvalue weighted by Gasteiger charge is 2.23. The van der Waals surface area contributed by atoms with Gasteiger partial charge in [-0.2, -0.15) is 0 Å². The van der Waals surface area contributed by atoms with E-state index in [1.54, 1.807) is 11.2 Å². The van der Waals surface area contributed by atoms with Crippen molar-refractivity contribution in [1.82, 2.24) is 20.4 Å². The average Bonchev–Trinajstić information content (AvgIpc) is 3.31. The molecule has 0 unspecified atom stereocenters. The second-order valence-electron chi connectivity index (χ2n) is 8.09. The normalized spacial score (nSPS) is 14.7. The van der Waals surface area contributed by atoms with Crippen LogP contribution in [-0.2, 0) is 24.4 Å². The summed E-state index contributed by atoms with van der Waals surface area (Å²) in [6.45, 7) is 6.42. The minimum Gasteiger partial charge on any atom is -0.468 e. The molecule has 1 aromatic heterocycles. The largest absolute Gasteiger partial charge is 0.468 e. The number of furan rings is 1. The first-order chi connectivity index (χ1) is 15.6. The fourth-order valence-electron chi connectivity index (χ4n) is 3.89. The number of nitrogens with zero attached hydrogens (tertiary/aromatic N) is 3. The Balaban J connectivity index is 0.00000385. The van der Waals surface area contributed by atoms with Crippen molar-refractivity contribution >= 4 is 36.0 Å². The van der Waals surface area contributed by atoms with Gasteiger partial charge in [-0.1, -0.05) is 24.3 Å². The molecule has 0 saturated carbocycles. The standard InChI is InChI=1S/C24H35N5O3.HI/c1-4-25-23(27-21-11-13-29(14-12-21)24(30)31-3)26-16-19-8-5-6-9-20(19)17-28(2)18-22-10-7-15-32-22;/h5-10,15,21H,4,11-14,16-18H2,1-3H3,(H2,25,26,27);1H. The predicted molar refractivity (Wildman–Crippen MR) is 141 cm³/mol. The molecule has 3 rings (SSSR count). The second kappa shape index (κ2) is 14.1. The molecule has 2 N–H and O–H groups in total. The van der Waals surface area contributed by atoms with Crippen LogP contribution in [0.1, 0.15) is 36.7 Å². The number of aliphatic imine (C=N–C) groups is 1. The maximum atomic E-state index is 11.7. The summed E-state index contributed by atoms with van der Waals surface area (Å²) in [4.78, 5) is 20.5. The molecule has 9 heteroatoms. The molecule has 33 heavy (non-hydrogen) atoms. The number of guanidine groups is 1. The molecule has 1 fully saturated rings. The molecular formula is C24H36IN5O3. The smallest absolute Gasteiger partial charge is 0.409 e. The van der Waals surface area contributed by atoms with Crippen molar-refractivity contribution in [3.8, 4) is 0 Å². The van der Waals surface area contributed by atoms with Crippen molar-refractivity contribution in [2.24, 2.45) is 4.99 Å². The molecule has 1 aromatic carbocycles. The fourth-order valence-corrected chi connectivity index (χ4v) is 3.89. The van der Waals surface area contributed by atoms with E-state index in [9.17, 15) is 4.79 Å². The van der Waals surface area contributed by atoms with E-state index >= 15 is 0 Å². The van der Waals surface area contributed by atoms with Crippen LogP contribution in [0.15, 0.2) is 52.1 Å². The van der Waals surface area contributed by atoms with Crippen molar-refractivity contribution in [2.45, 2.75) is 45.4 Å². The number of methoxy groups -OCH3 is 1. The molecule has 8 nitrogen and oxygen atoms in total. The minimum atomic E-state index is -0.252. The molecule has 0 aliphatic carbocycles. The van der Waals surface area contributed by atoms with Gasteiger partial charge in [0.2, 0.25) is 0 Å². The van der Waals surface area contributed by atoms with E-state index in [0.29, 0.717) is 19.6 Å². The molecule has 1 aliphatic rings. The summed E-state index contributed by atoms with van der Waals surface area (Å²) in [5.74, 6) is 1.77. The molecule has 182 valence electrons. The van der Waals surface area contributed by atoms with Gasteiger partial charge in [-0.05, 0) is 50.1 Å². The highest BCUT2D eigenvalue weighted by molar-refractivity contribution is 14.0. The zero-order chi connectivity index (χ0) is 22.8. The third-order valence-corrected chi connectivity index (χ3v) is 5.58. The molecule has 0 bridgehead atoms. The van der Waals surface area contributed by atoms with E-state index in [1.807, 2.05) is 12.1 Å². The number of likely N-dealkylation sites (tertiary alicyclic amines) is 1. The molecule has 2 heterocycles. The summed E-state index contributed by atoms with van der Waals surface area (Å²) < 4.78 is 10.3. The Morgan fingerprint density at radius 3 is 2.55 bits per heavy atom. The van der Waals surface area contributed by atoms with E-state index in [0.717, 1.165) is 44.2 Å². The third-order valence-electron chi connectivity index (χ3n) is 5.58. The number of hydrogen-bond donors (Lipinski definition) is 2. The number of rotatable bonds is 8. The summed E-state index contributed by atoms with van der Waals surface area (Å²) in [6, 6.07) is 12.6. The molecule has 1 saturated heterocycles. The molecule has 2 aromatic rings. The van der Waals surface area contributed by atoms with Gasteiger partial charge in [-0.3, -0.25) is 4.90 Å². The van der Waals surface area contributed by atoms with Gasteiger partial charge < -0.3 is 24.7 Å². The van der Waals surface area contributed by atoms with Gasteiger partial charge in [0, 0.05) is 32.2 Å². The van der Waals surface area contributed by atoms with Crippen molar-refractivity contribution in [3.63, 3.8) is 0 Å². The van der Waals surface area contributed by atoms with Crippen LogP contribution in [0.5, 0.6) is 0 Å². The summed E-state index contributed by atoms with van der Waals surface area (Å²) in [5, 5.41) is 6.88. The summed E-state index contributed by atoms with van der Waals surface area (Å²) >= 11 is 0. The molecule has 0 spiro atoms. The number of benzene rings is 1. The second-order valence-corrected chi connectivity index (χ2v) is 8.09. The van der Waals surface area contributed by atoms with Crippen LogP contribution >= 0.6 is 24.0 Å². The maximum absolute atomic E-state index is 11.7. The number of hydrogen-bond acceptors (Lipinski definition) is 5. The van der Waals surface area contributed by atoms with Crippen LogP contribution in [0.4, 0.5) is 4.79 Å². The lowest BCUT2D eigenvalue weighted by Gasteiger charge is -2.32. The van der Waals surface area contributed by atoms with Crippen LogP contribution in [-0.4, -0.2) is 61.7 Å². The van der Waals surface area contributed by atoms with Crippen molar-refractivity contribution in [2.75, 3.05) is 33.8 Å². The SMILES string of the molecule is CCNC(=NCc1ccccc1CN(C)Cc1ccco1)NC1CCN(C(=O)OC)CC1.I. The Hall–Kier alpha value is -2.27. The van der Waals surface area contributed by atoms with Crippen LogP contribution in [0.3, 0.4) is 0 Å². The average molecular weight is 569 g/mol. The lowest BCUT2D eigenvalue weighted by atomic mass is 10.1. The Morgan fingerprint density at radius 1 is 1.18 bits per heavy atom. The third kappa shape index (κ3) is 8.54. The van der Waals surface area contributed by atoms with Gasteiger partial charge in [-0.15, -0.1) is 24.0 Å². The predicted octanol–water partition coefficient (Wildman–Crippen LogP) is 3.82. The number of carbonyl (C=O) groups excluding carboxylic acids is 1. The molecular weight excluding hydrogens is 533 g/mol. The number of ether oxygens (including phenoxy) is 1. The number of piperidine rings is 1. The van der Waals surface area contributed by atoms with Crippen molar-refractivity contribution in [3.05, 3.63) is 59.5 Å². The Bertz CT molecular complexity index is 867. The Kier molecular flexibility index (Phi) is 11.5. The molecule has 0 atom stereocenters. The van der Waals surface area contributed by atoms with E-state index in [-0.39, 0.29) is 36.1 Å². The van der Waals surface area contributed by atoms with E-state index < -0.39 is 0 Å². The Labute approximate surface area is 213 Å². The van der Waals surface area contributed by atoms with Gasteiger partial charge in [-0.25, -0.2) is 9.79 Å². The van der Waals surface area contributed by atoms with Crippen molar-refractivity contribution < 1.29 is 13.9 Å². The van der Waals surface area contributed by atoms with Crippen LogP contribution in [0.25, 0.3) is 0 Å². The highest BCUT2D eigenvalue weighted by Crippen LogP contribution is 2.15. The maximum Gasteiger partial charge on any atom is 0.409 e. The lowest BCUT2D eigenvalue weighted by molar-refractivity contribution is 0.111. The van der Waals surface area contributed by atoms with Crippen molar-refractivity contribution in [1.29, 1.82) is 0 Å². The van der Waals surface area contributed by atoms with Gasteiger partial charge in [0.1, 0.15) is 5.76 Å². The van der Waals surface area contributed by atoms with Crippen LogP contribution in [0.2, 0.25) is 0 Å². The quantitative estimate of drug-likeness (QED) is 0.286. The minimum absolute atomic E-state index is 0. The van der Waals surface area contributed by atoms with Crippen LogP contribution in [0, 0.1) is 0 Å². The van der Waals surface area contributed by atoms with Gasteiger partial charge in [0.15, 0.2) is 5.96 Å². The molecule has 1 aliphatic heterocycles. The summed E-state index contributed by atoms with van der Waals surface area (Å²) in [7, 11) is 3.52. The van der Waals surface area contributed by atoms with E-state index in [2.05, 4.69) is 53.8 Å². The summed E-state index contributed by atoms with van der Waals surface area (Å²) in [6.07, 6.45) is 3.19. The lowest BCUT2D eigenvalue weighted by Crippen LogP contribution is -2.49. The highest BCUT2D eigenvalue weighted by atomic mass is 127. The number of halogens is 1. The molecule has 0 radical (unpaired) electrons. The van der Waals surface area contributed by atoms with Gasteiger partial charge >= 0.3 is 6.09 Å². The topological polar surface area (TPSA) is 82.3 Å². The van der Waals surface area contributed by atoms with E-state index in [1.165, 1.54) is 18.2 Å². The first-order valence-electron chi connectivity index (χ1n) is 11.2. The molecule has 1 amide bonds. The number of nitrogens with one attached hydrogen (secondary N) is 2.